The van der Waals surface area contributed by atoms with E-state index in [9.17, 15) is 4.79 Å². The van der Waals surface area contributed by atoms with Gasteiger partial charge in [-0.2, -0.15) is 0 Å². The molecule has 0 radical (unpaired) electrons. The average molecular weight is 407 g/mol. The second kappa shape index (κ2) is 8.78. The van der Waals surface area contributed by atoms with Crippen molar-refractivity contribution in [1.29, 1.82) is 0 Å². The number of benzene rings is 2. The maximum atomic E-state index is 13.3. The van der Waals surface area contributed by atoms with Gasteiger partial charge in [0.25, 0.3) is 5.91 Å². The van der Waals surface area contributed by atoms with Crippen molar-refractivity contribution in [1.82, 2.24) is 9.88 Å². The fourth-order valence-corrected chi connectivity index (χ4v) is 4.74. The molecule has 1 aliphatic rings. The second-order valence-electron chi connectivity index (χ2n) is 7.55. The molecule has 0 bridgehead atoms. The Balaban J connectivity index is 1.53. The molecule has 4 nitrogen and oxygen atoms in total. The van der Waals surface area contributed by atoms with Gasteiger partial charge in [0.1, 0.15) is 11.9 Å². The summed E-state index contributed by atoms with van der Waals surface area (Å²) < 4.78 is 6.15. The molecule has 1 saturated heterocycles. The van der Waals surface area contributed by atoms with E-state index in [1.807, 2.05) is 52.7 Å². The van der Waals surface area contributed by atoms with Crippen LogP contribution in [0.15, 0.2) is 60.0 Å². The van der Waals surface area contributed by atoms with Crippen molar-refractivity contribution in [2.24, 2.45) is 0 Å². The van der Waals surface area contributed by atoms with Crippen LogP contribution in [-0.4, -0.2) is 34.5 Å². The zero-order valence-corrected chi connectivity index (χ0v) is 17.7. The molecule has 0 N–H and O–H groups in total. The van der Waals surface area contributed by atoms with Crippen molar-refractivity contribution >= 4 is 17.2 Å². The van der Waals surface area contributed by atoms with Crippen molar-refractivity contribution in [3.63, 3.8) is 0 Å². The number of aryl methyl sites for hydroxylation is 1. The molecule has 2 unspecified atom stereocenters. The Kier molecular flexibility index (Phi) is 5.95. The van der Waals surface area contributed by atoms with Crippen molar-refractivity contribution in [3.05, 3.63) is 70.5 Å². The minimum Gasteiger partial charge on any atom is -0.489 e. The van der Waals surface area contributed by atoms with Crippen LogP contribution < -0.4 is 4.74 Å². The fourth-order valence-electron chi connectivity index (χ4n) is 3.97. The summed E-state index contributed by atoms with van der Waals surface area (Å²) in [5.74, 6) is 0.858. The van der Waals surface area contributed by atoms with Gasteiger partial charge in [-0.25, -0.2) is 4.98 Å². The van der Waals surface area contributed by atoms with E-state index in [1.165, 1.54) is 11.3 Å². The Labute approximate surface area is 176 Å². The van der Waals surface area contributed by atoms with Crippen LogP contribution in [0.2, 0.25) is 0 Å². The van der Waals surface area contributed by atoms with Gasteiger partial charge in [0.15, 0.2) is 5.01 Å². The predicted molar refractivity (Wildman–Crippen MR) is 117 cm³/mol. The Bertz CT molecular complexity index is 970. The molecule has 2 aromatic carbocycles. The monoisotopic (exact) mass is 406 g/mol. The van der Waals surface area contributed by atoms with Crippen molar-refractivity contribution in [3.8, 4) is 17.0 Å². The molecule has 2 atom stereocenters. The lowest BCUT2D eigenvalue weighted by atomic mass is 9.98. The summed E-state index contributed by atoms with van der Waals surface area (Å²) in [7, 11) is 0. The largest absolute Gasteiger partial charge is 0.489 e. The number of rotatable bonds is 5. The van der Waals surface area contributed by atoms with Crippen LogP contribution in [0.1, 0.15) is 41.6 Å². The number of ether oxygens (including phenoxy) is 1. The molecule has 3 aromatic rings. The normalized spacial score (nSPS) is 17.7. The van der Waals surface area contributed by atoms with Crippen LogP contribution in [0.5, 0.6) is 5.75 Å². The van der Waals surface area contributed by atoms with E-state index < -0.39 is 0 Å². The first-order valence-electron chi connectivity index (χ1n) is 10.2. The van der Waals surface area contributed by atoms with Gasteiger partial charge in [-0.05, 0) is 50.8 Å². The molecule has 0 spiro atoms. The minimum atomic E-state index is -0.0718. The molecule has 29 heavy (non-hydrogen) atoms. The molecule has 1 aliphatic heterocycles. The first-order chi connectivity index (χ1) is 14.1. The highest BCUT2D eigenvalue weighted by molar-refractivity contribution is 7.12. The van der Waals surface area contributed by atoms with Gasteiger partial charge in [0.2, 0.25) is 0 Å². The number of thiazole rings is 1. The maximum absolute atomic E-state index is 13.3. The molecular formula is C24H26N2O2S. The Morgan fingerprint density at radius 1 is 1.14 bits per heavy atom. The van der Waals surface area contributed by atoms with Gasteiger partial charge in [0.05, 0.1) is 11.7 Å². The van der Waals surface area contributed by atoms with Crippen LogP contribution in [0, 0.1) is 6.92 Å². The number of piperidine rings is 1. The molecule has 4 rings (SSSR count). The summed E-state index contributed by atoms with van der Waals surface area (Å²) in [4.78, 5) is 20.0. The molecule has 1 amide bonds. The third kappa shape index (κ3) is 4.35. The molecule has 150 valence electrons. The van der Waals surface area contributed by atoms with Gasteiger partial charge in [0, 0.05) is 17.5 Å². The van der Waals surface area contributed by atoms with E-state index >= 15 is 0 Å². The second-order valence-corrected chi connectivity index (χ2v) is 8.41. The number of hydrogen-bond donors (Lipinski definition) is 0. The predicted octanol–water partition coefficient (Wildman–Crippen LogP) is 5.58. The van der Waals surface area contributed by atoms with E-state index in [1.54, 1.807) is 0 Å². The fraction of sp³-hybridized carbons (Fsp3) is 0.333. The number of likely N-dealkylation sites (tertiary alicyclic amines) is 1. The maximum Gasteiger partial charge on any atom is 0.283 e. The van der Waals surface area contributed by atoms with E-state index in [-0.39, 0.29) is 18.1 Å². The first kappa shape index (κ1) is 19.6. The third-order valence-electron chi connectivity index (χ3n) is 5.53. The highest BCUT2D eigenvalue weighted by Gasteiger charge is 2.33. The Morgan fingerprint density at radius 2 is 1.90 bits per heavy atom. The molecule has 2 heterocycles. The summed E-state index contributed by atoms with van der Waals surface area (Å²) in [5.41, 5.74) is 3.12. The van der Waals surface area contributed by atoms with Crippen LogP contribution in [0.25, 0.3) is 11.3 Å². The number of carbonyl (C=O) groups is 1. The van der Waals surface area contributed by atoms with Gasteiger partial charge in [-0.1, -0.05) is 42.5 Å². The number of nitrogens with zero attached hydrogens (tertiary/aromatic N) is 2. The average Bonchev–Trinajstić information content (AvgIpc) is 3.24. The van der Waals surface area contributed by atoms with Crippen molar-refractivity contribution in [2.75, 3.05) is 6.54 Å². The van der Waals surface area contributed by atoms with Gasteiger partial charge >= 0.3 is 0 Å². The lowest BCUT2D eigenvalue weighted by molar-refractivity contribution is 0.0353. The van der Waals surface area contributed by atoms with Gasteiger partial charge in [-0.3, -0.25) is 4.79 Å². The summed E-state index contributed by atoms with van der Waals surface area (Å²) in [5, 5.41) is 2.54. The third-order valence-corrected chi connectivity index (χ3v) is 6.36. The van der Waals surface area contributed by atoms with Crippen LogP contribution >= 0.6 is 11.3 Å². The summed E-state index contributed by atoms with van der Waals surface area (Å²) in [6.07, 6.45) is 3.02. The number of hydrogen-bond acceptors (Lipinski definition) is 4. The molecule has 5 heteroatoms. The topological polar surface area (TPSA) is 42.4 Å². The Hall–Kier alpha value is -2.66. The zero-order chi connectivity index (χ0) is 20.2. The first-order valence-corrected chi connectivity index (χ1v) is 11.1. The standard InChI is InChI=1S/C24H26N2O2S/c1-17-10-6-7-13-20(17)21-16-29-23(25-21)24(27)26-15-9-8-14-22(26)18(2)28-19-11-4-3-5-12-19/h3-7,10-13,16,18,22H,8-9,14-15H2,1-2H3. The van der Waals surface area contributed by atoms with Crippen LogP contribution in [-0.2, 0) is 0 Å². The van der Waals surface area contributed by atoms with Gasteiger partial charge in [-0.15, -0.1) is 11.3 Å². The lowest BCUT2D eigenvalue weighted by Gasteiger charge is -2.38. The smallest absolute Gasteiger partial charge is 0.283 e. The molecule has 1 fully saturated rings. The SMILES string of the molecule is Cc1ccccc1-c1csc(C(=O)N2CCCCC2C(C)Oc2ccccc2)n1. The van der Waals surface area contributed by atoms with E-state index in [4.69, 9.17) is 4.74 Å². The molecule has 0 saturated carbocycles. The summed E-state index contributed by atoms with van der Waals surface area (Å²) in [6.45, 7) is 4.88. The number of carbonyl (C=O) groups excluding carboxylic acids is 1. The van der Waals surface area contributed by atoms with E-state index in [0.29, 0.717) is 5.01 Å². The van der Waals surface area contributed by atoms with Crippen LogP contribution in [0.4, 0.5) is 0 Å². The minimum absolute atomic E-state index is 0.0167. The molecule has 0 aliphatic carbocycles. The van der Waals surface area contributed by atoms with Gasteiger partial charge < -0.3 is 9.64 Å². The summed E-state index contributed by atoms with van der Waals surface area (Å²) in [6, 6.07) is 18.0. The highest BCUT2D eigenvalue weighted by atomic mass is 32.1. The van der Waals surface area contributed by atoms with Crippen molar-refractivity contribution in [2.45, 2.75) is 45.3 Å². The van der Waals surface area contributed by atoms with E-state index in [0.717, 1.165) is 48.4 Å². The highest BCUT2D eigenvalue weighted by Crippen LogP contribution is 2.29. The lowest BCUT2D eigenvalue weighted by Crippen LogP contribution is -2.50. The quantitative estimate of drug-likeness (QED) is 0.555. The summed E-state index contributed by atoms with van der Waals surface area (Å²) >= 11 is 1.43. The molecule has 1 aromatic heterocycles. The molecular weight excluding hydrogens is 380 g/mol. The van der Waals surface area contributed by atoms with E-state index in [2.05, 4.69) is 31.0 Å². The Morgan fingerprint density at radius 3 is 2.69 bits per heavy atom. The van der Waals surface area contributed by atoms with Crippen LogP contribution in [0.3, 0.4) is 0 Å². The zero-order valence-electron chi connectivity index (χ0n) is 16.9. The van der Waals surface area contributed by atoms with Crippen molar-refractivity contribution < 1.29 is 9.53 Å². The number of amides is 1. The number of para-hydroxylation sites is 1. The number of aromatic nitrogens is 1.